The number of hydrogen-bond donors (Lipinski definition) is 1. The average molecular weight is 432 g/mol. The number of anilines is 1. The van der Waals surface area contributed by atoms with Gasteiger partial charge in [0.05, 0.1) is 5.75 Å². The molecule has 2 heterocycles. The van der Waals surface area contributed by atoms with Crippen LogP contribution in [0.15, 0.2) is 42.5 Å². The predicted octanol–water partition coefficient (Wildman–Crippen LogP) is 2.13. The summed E-state index contributed by atoms with van der Waals surface area (Å²) in [5.74, 6) is 1.24. The first-order valence-corrected chi connectivity index (χ1v) is 11.6. The quantitative estimate of drug-likeness (QED) is 0.754. The zero-order valence-corrected chi connectivity index (χ0v) is 17.7. The molecule has 1 saturated heterocycles. The van der Waals surface area contributed by atoms with Crippen molar-refractivity contribution in [3.05, 3.63) is 53.6 Å². The van der Waals surface area contributed by atoms with E-state index in [2.05, 4.69) is 10.2 Å². The largest absolute Gasteiger partial charge is 0.454 e. The van der Waals surface area contributed by atoms with Crippen LogP contribution in [-0.4, -0.2) is 62.3 Å². The number of ether oxygens (including phenoxy) is 2. The van der Waals surface area contributed by atoms with E-state index in [4.69, 9.17) is 9.47 Å². The smallest absolute Gasteiger partial charge is 0.255 e. The van der Waals surface area contributed by atoms with E-state index in [1.807, 2.05) is 12.1 Å². The molecule has 2 aromatic rings. The molecule has 1 amide bonds. The number of carbonyl (C=O) groups excluding carboxylic acids is 1. The number of nitrogens with one attached hydrogen (secondary N) is 1. The van der Waals surface area contributed by atoms with E-state index in [1.165, 1.54) is 0 Å². The molecule has 0 aromatic heterocycles. The minimum absolute atomic E-state index is 0.142. The third-order valence-electron chi connectivity index (χ3n) is 5.34. The summed E-state index contributed by atoms with van der Waals surface area (Å²) < 4.78 is 36.1. The van der Waals surface area contributed by atoms with Crippen LogP contribution in [0.1, 0.15) is 22.8 Å². The maximum absolute atomic E-state index is 12.5. The van der Waals surface area contributed by atoms with Crippen LogP contribution in [0, 0.1) is 0 Å². The van der Waals surface area contributed by atoms with Gasteiger partial charge in [-0.1, -0.05) is 12.1 Å². The van der Waals surface area contributed by atoms with E-state index in [9.17, 15) is 13.2 Å². The SMILES string of the molecule is CCS(=O)(=O)N1CCN(Cc2ccc(C(=O)Nc3ccc4c(c3)OCO4)cc2)CC1. The Morgan fingerprint density at radius 3 is 2.40 bits per heavy atom. The van der Waals surface area contributed by atoms with Crippen molar-refractivity contribution in [2.24, 2.45) is 0 Å². The summed E-state index contributed by atoms with van der Waals surface area (Å²) in [4.78, 5) is 14.7. The van der Waals surface area contributed by atoms with Gasteiger partial charge in [0.1, 0.15) is 0 Å². The Balaban J connectivity index is 1.31. The third-order valence-corrected chi connectivity index (χ3v) is 7.22. The molecule has 1 N–H and O–H groups in total. The van der Waals surface area contributed by atoms with Gasteiger partial charge in [-0.15, -0.1) is 0 Å². The Hall–Kier alpha value is -2.62. The number of nitrogens with zero attached hydrogens (tertiary/aromatic N) is 2. The Labute approximate surface area is 176 Å². The monoisotopic (exact) mass is 431 g/mol. The van der Waals surface area contributed by atoms with Crippen molar-refractivity contribution < 1.29 is 22.7 Å². The van der Waals surface area contributed by atoms with E-state index < -0.39 is 10.0 Å². The van der Waals surface area contributed by atoms with Crippen LogP contribution in [0.2, 0.25) is 0 Å². The lowest BCUT2D eigenvalue weighted by molar-refractivity contribution is 0.102. The molecular formula is C21H25N3O5S. The topological polar surface area (TPSA) is 88.2 Å². The second-order valence-corrected chi connectivity index (χ2v) is 9.55. The van der Waals surface area contributed by atoms with Crippen LogP contribution in [0.4, 0.5) is 5.69 Å². The zero-order valence-electron chi connectivity index (χ0n) is 16.8. The molecule has 2 aliphatic heterocycles. The Morgan fingerprint density at radius 1 is 1.00 bits per heavy atom. The number of hydrogen-bond acceptors (Lipinski definition) is 6. The lowest BCUT2D eigenvalue weighted by atomic mass is 10.1. The number of fused-ring (bicyclic) bond motifs is 1. The number of amides is 1. The summed E-state index contributed by atoms with van der Waals surface area (Å²) in [7, 11) is -3.11. The fourth-order valence-electron chi connectivity index (χ4n) is 3.55. The molecule has 0 unspecified atom stereocenters. The highest BCUT2D eigenvalue weighted by Gasteiger charge is 2.25. The molecule has 0 radical (unpaired) electrons. The summed E-state index contributed by atoms with van der Waals surface area (Å²) in [6, 6.07) is 12.8. The highest BCUT2D eigenvalue weighted by Crippen LogP contribution is 2.34. The van der Waals surface area contributed by atoms with Gasteiger partial charge in [-0.3, -0.25) is 9.69 Å². The second kappa shape index (κ2) is 8.63. The molecule has 2 aromatic carbocycles. The molecule has 9 heteroatoms. The minimum atomic E-state index is -3.11. The van der Waals surface area contributed by atoms with Crippen LogP contribution < -0.4 is 14.8 Å². The molecule has 4 rings (SSSR count). The molecule has 1 fully saturated rings. The lowest BCUT2D eigenvalue weighted by Crippen LogP contribution is -2.48. The van der Waals surface area contributed by atoms with Gasteiger partial charge in [-0.25, -0.2) is 8.42 Å². The van der Waals surface area contributed by atoms with Crippen molar-refractivity contribution in [2.45, 2.75) is 13.5 Å². The fraction of sp³-hybridized carbons (Fsp3) is 0.381. The standard InChI is InChI=1S/C21H25N3O5S/c1-2-30(26,27)24-11-9-23(10-12-24)14-16-3-5-17(6-4-16)21(25)22-18-7-8-19-20(13-18)29-15-28-19/h3-8,13H,2,9-12,14-15H2,1H3,(H,22,25). The summed E-state index contributed by atoms with van der Waals surface area (Å²) in [5.41, 5.74) is 2.30. The molecule has 30 heavy (non-hydrogen) atoms. The van der Waals surface area contributed by atoms with Gasteiger partial charge in [0, 0.05) is 50.0 Å². The minimum Gasteiger partial charge on any atom is -0.454 e. The first-order chi connectivity index (χ1) is 14.4. The van der Waals surface area contributed by atoms with Crippen molar-refractivity contribution in [3.8, 4) is 11.5 Å². The zero-order chi connectivity index (χ0) is 21.1. The number of benzene rings is 2. The predicted molar refractivity (Wildman–Crippen MR) is 113 cm³/mol. The van der Waals surface area contributed by atoms with Gasteiger partial charge >= 0.3 is 0 Å². The second-order valence-electron chi connectivity index (χ2n) is 7.29. The molecular weight excluding hydrogens is 406 g/mol. The third kappa shape index (κ3) is 4.58. The lowest BCUT2D eigenvalue weighted by Gasteiger charge is -2.33. The van der Waals surface area contributed by atoms with Crippen molar-refractivity contribution in [1.82, 2.24) is 9.21 Å². The number of carbonyl (C=O) groups is 1. The number of sulfonamides is 1. The van der Waals surface area contributed by atoms with Crippen molar-refractivity contribution in [3.63, 3.8) is 0 Å². The summed E-state index contributed by atoms with van der Waals surface area (Å²) in [6.07, 6.45) is 0. The normalized spacial score (nSPS) is 17.1. The van der Waals surface area contributed by atoms with E-state index in [-0.39, 0.29) is 18.5 Å². The van der Waals surface area contributed by atoms with Crippen LogP contribution in [0.25, 0.3) is 0 Å². The average Bonchev–Trinajstić information content (AvgIpc) is 3.22. The van der Waals surface area contributed by atoms with E-state index in [0.29, 0.717) is 48.9 Å². The van der Waals surface area contributed by atoms with Gasteiger partial charge in [0.2, 0.25) is 16.8 Å². The van der Waals surface area contributed by atoms with Crippen molar-refractivity contribution >= 4 is 21.6 Å². The van der Waals surface area contributed by atoms with Gasteiger partial charge < -0.3 is 14.8 Å². The van der Waals surface area contributed by atoms with Gasteiger partial charge in [0.25, 0.3) is 5.91 Å². The highest BCUT2D eigenvalue weighted by molar-refractivity contribution is 7.89. The molecule has 160 valence electrons. The number of rotatable bonds is 6. The molecule has 0 atom stereocenters. The first kappa shape index (κ1) is 20.6. The number of piperazine rings is 1. The molecule has 0 bridgehead atoms. The maximum atomic E-state index is 12.5. The van der Waals surface area contributed by atoms with Crippen LogP contribution in [0.3, 0.4) is 0 Å². The Bertz CT molecular complexity index is 1020. The molecule has 8 nitrogen and oxygen atoms in total. The highest BCUT2D eigenvalue weighted by atomic mass is 32.2. The molecule has 0 saturated carbocycles. The van der Waals surface area contributed by atoms with E-state index in [1.54, 1.807) is 41.6 Å². The van der Waals surface area contributed by atoms with Crippen molar-refractivity contribution in [1.29, 1.82) is 0 Å². The van der Waals surface area contributed by atoms with Crippen molar-refractivity contribution in [2.75, 3.05) is 44.0 Å². The molecule has 0 spiro atoms. The summed E-state index contributed by atoms with van der Waals surface area (Å²) >= 11 is 0. The maximum Gasteiger partial charge on any atom is 0.255 e. The van der Waals surface area contributed by atoms with Gasteiger partial charge in [-0.05, 0) is 36.8 Å². The molecule has 2 aliphatic rings. The molecule has 0 aliphatic carbocycles. The van der Waals surface area contributed by atoms with Crippen LogP contribution in [0.5, 0.6) is 11.5 Å². The van der Waals surface area contributed by atoms with Crippen LogP contribution in [-0.2, 0) is 16.6 Å². The van der Waals surface area contributed by atoms with E-state index in [0.717, 1.165) is 12.1 Å². The summed E-state index contributed by atoms with van der Waals surface area (Å²) in [5, 5.41) is 2.87. The van der Waals surface area contributed by atoms with Crippen LogP contribution >= 0.6 is 0 Å². The fourth-order valence-corrected chi connectivity index (χ4v) is 4.63. The van der Waals surface area contributed by atoms with E-state index >= 15 is 0 Å². The summed E-state index contributed by atoms with van der Waals surface area (Å²) in [6.45, 7) is 5.03. The van der Waals surface area contributed by atoms with Gasteiger partial charge in [0.15, 0.2) is 11.5 Å². The first-order valence-electron chi connectivity index (χ1n) is 9.95. The Morgan fingerprint density at radius 2 is 1.70 bits per heavy atom. The van der Waals surface area contributed by atoms with Gasteiger partial charge in [-0.2, -0.15) is 4.31 Å². The Kier molecular flexibility index (Phi) is 5.94.